The maximum atomic E-state index is 12.6. The van der Waals surface area contributed by atoms with Crippen LogP contribution in [0.4, 0.5) is 4.79 Å². The highest BCUT2D eigenvalue weighted by atomic mass is 16.5. The minimum atomic E-state index is -1.09. The zero-order chi connectivity index (χ0) is 17.2. The van der Waals surface area contributed by atoms with Crippen molar-refractivity contribution in [1.82, 2.24) is 20.0 Å². The average molecular weight is 326 g/mol. The Morgan fingerprint density at radius 3 is 2.57 bits per heavy atom. The predicted octanol–water partition coefficient (Wildman–Crippen LogP) is -1.37. The van der Waals surface area contributed by atoms with E-state index in [0.29, 0.717) is 19.4 Å². The molecule has 1 atom stereocenters. The second-order valence-corrected chi connectivity index (χ2v) is 5.81. The number of nitrogens with one attached hydrogen (secondary N) is 1. The molecule has 0 aromatic carbocycles. The van der Waals surface area contributed by atoms with Crippen molar-refractivity contribution in [2.24, 2.45) is 0 Å². The molecular weight excluding hydrogens is 304 g/mol. The normalized spacial score (nSPS) is 24.6. The molecule has 0 saturated carbocycles. The van der Waals surface area contributed by atoms with Gasteiger partial charge in [-0.2, -0.15) is 0 Å². The van der Waals surface area contributed by atoms with Crippen molar-refractivity contribution in [2.75, 3.05) is 47.4 Å². The van der Waals surface area contributed by atoms with Gasteiger partial charge in [0.2, 0.25) is 11.8 Å². The van der Waals surface area contributed by atoms with Crippen molar-refractivity contribution < 1.29 is 23.9 Å². The van der Waals surface area contributed by atoms with Gasteiger partial charge in [0.1, 0.15) is 18.6 Å². The molecule has 9 nitrogen and oxygen atoms in total. The second kappa shape index (κ2) is 6.53. The minimum Gasteiger partial charge on any atom is -0.382 e. The van der Waals surface area contributed by atoms with E-state index >= 15 is 0 Å². The Morgan fingerprint density at radius 1 is 1.35 bits per heavy atom. The SMILES string of the molecule is CNC(=O)C1(COC)CCCN1C(=O)CN1C(=O)CN(C)C1=O. The monoisotopic (exact) mass is 326 g/mol. The number of hydrogen-bond donors (Lipinski definition) is 1. The first-order chi connectivity index (χ1) is 10.9. The van der Waals surface area contributed by atoms with Crippen LogP contribution in [0.25, 0.3) is 0 Å². The maximum Gasteiger partial charge on any atom is 0.327 e. The maximum absolute atomic E-state index is 12.6. The van der Waals surface area contributed by atoms with Crippen molar-refractivity contribution >= 4 is 23.8 Å². The molecule has 2 aliphatic heterocycles. The Balaban J connectivity index is 2.18. The van der Waals surface area contributed by atoms with Gasteiger partial charge in [0.05, 0.1) is 6.61 Å². The number of likely N-dealkylation sites (N-methyl/N-ethyl adjacent to an activating group) is 2. The summed E-state index contributed by atoms with van der Waals surface area (Å²) in [6, 6.07) is -0.500. The Labute approximate surface area is 134 Å². The van der Waals surface area contributed by atoms with Crippen LogP contribution >= 0.6 is 0 Å². The molecule has 2 rings (SSSR count). The van der Waals surface area contributed by atoms with E-state index in [1.807, 2.05) is 0 Å². The summed E-state index contributed by atoms with van der Waals surface area (Å²) in [6.07, 6.45) is 1.14. The van der Waals surface area contributed by atoms with E-state index in [0.717, 1.165) is 4.90 Å². The van der Waals surface area contributed by atoms with E-state index in [4.69, 9.17) is 4.74 Å². The molecule has 2 heterocycles. The van der Waals surface area contributed by atoms with E-state index in [-0.39, 0.29) is 25.6 Å². The largest absolute Gasteiger partial charge is 0.382 e. The third-order valence-corrected chi connectivity index (χ3v) is 4.35. The van der Waals surface area contributed by atoms with Crippen LogP contribution in [0, 0.1) is 0 Å². The number of ether oxygens (including phenoxy) is 1. The number of carbonyl (C=O) groups is 4. The molecule has 0 aromatic heterocycles. The zero-order valence-electron chi connectivity index (χ0n) is 13.6. The number of imide groups is 1. The number of likely N-dealkylation sites (tertiary alicyclic amines) is 1. The first kappa shape index (κ1) is 17.2. The standard InChI is InChI=1S/C14H22N4O5/c1-15-12(21)14(9-23-3)5-4-6-18(14)11(20)8-17-10(19)7-16(2)13(17)22/h4-9H2,1-3H3,(H,15,21). The summed E-state index contributed by atoms with van der Waals surface area (Å²) in [7, 11) is 4.47. The molecule has 23 heavy (non-hydrogen) atoms. The molecule has 5 amide bonds. The van der Waals surface area contributed by atoms with E-state index in [2.05, 4.69) is 5.32 Å². The number of amides is 5. The molecule has 2 aliphatic rings. The lowest BCUT2D eigenvalue weighted by atomic mass is 9.95. The number of hydrogen-bond acceptors (Lipinski definition) is 5. The minimum absolute atomic E-state index is 0.0369. The van der Waals surface area contributed by atoms with Gasteiger partial charge in [-0.15, -0.1) is 0 Å². The summed E-state index contributed by atoms with van der Waals surface area (Å²) in [5, 5.41) is 2.57. The number of rotatable bonds is 5. The van der Waals surface area contributed by atoms with Crippen LogP contribution in [0.1, 0.15) is 12.8 Å². The van der Waals surface area contributed by atoms with Gasteiger partial charge in [-0.25, -0.2) is 4.79 Å². The van der Waals surface area contributed by atoms with Gasteiger partial charge in [0.15, 0.2) is 0 Å². The summed E-state index contributed by atoms with van der Waals surface area (Å²) < 4.78 is 5.15. The van der Waals surface area contributed by atoms with Crippen molar-refractivity contribution in [3.63, 3.8) is 0 Å². The smallest absolute Gasteiger partial charge is 0.327 e. The number of urea groups is 1. The molecule has 2 fully saturated rings. The van der Waals surface area contributed by atoms with E-state index in [1.54, 1.807) is 0 Å². The number of nitrogens with zero attached hydrogens (tertiary/aromatic N) is 3. The summed E-state index contributed by atoms with van der Waals surface area (Å²) in [6.45, 7) is 0.0666. The molecule has 0 aliphatic carbocycles. The van der Waals surface area contributed by atoms with Gasteiger partial charge in [-0.05, 0) is 12.8 Å². The highest BCUT2D eigenvalue weighted by molar-refractivity contribution is 6.05. The Hall–Kier alpha value is -2.16. The molecule has 9 heteroatoms. The lowest BCUT2D eigenvalue weighted by Gasteiger charge is -2.36. The Kier molecular flexibility index (Phi) is 4.88. The molecule has 0 spiro atoms. The number of carbonyl (C=O) groups excluding carboxylic acids is 4. The van der Waals surface area contributed by atoms with Gasteiger partial charge < -0.3 is 19.9 Å². The van der Waals surface area contributed by atoms with Crippen LogP contribution < -0.4 is 5.32 Å². The first-order valence-electron chi connectivity index (χ1n) is 7.44. The van der Waals surface area contributed by atoms with Crippen molar-refractivity contribution in [2.45, 2.75) is 18.4 Å². The van der Waals surface area contributed by atoms with Crippen LogP contribution in [-0.4, -0.2) is 91.4 Å². The fourth-order valence-corrected chi connectivity index (χ4v) is 3.21. The lowest BCUT2D eigenvalue weighted by molar-refractivity contribution is -0.149. The highest BCUT2D eigenvalue weighted by Gasteiger charge is 2.50. The van der Waals surface area contributed by atoms with Gasteiger partial charge in [-0.1, -0.05) is 0 Å². The van der Waals surface area contributed by atoms with Crippen molar-refractivity contribution in [3.8, 4) is 0 Å². The van der Waals surface area contributed by atoms with Crippen LogP contribution in [0.2, 0.25) is 0 Å². The predicted molar refractivity (Wildman–Crippen MR) is 79.4 cm³/mol. The summed E-state index contributed by atoms with van der Waals surface area (Å²) in [5.41, 5.74) is -1.09. The summed E-state index contributed by atoms with van der Waals surface area (Å²) in [5.74, 6) is -1.15. The van der Waals surface area contributed by atoms with Crippen molar-refractivity contribution in [1.29, 1.82) is 0 Å². The fraction of sp³-hybridized carbons (Fsp3) is 0.714. The molecule has 0 aromatic rings. The van der Waals surface area contributed by atoms with Crippen LogP contribution in [0.5, 0.6) is 0 Å². The van der Waals surface area contributed by atoms with E-state index in [9.17, 15) is 19.2 Å². The third-order valence-electron chi connectivity index (χ3n) is 4.35. The van der Waals surface area contributed by atoms with Gasteiger partial charge >= 0.3 is 6.03 Å². The fourth-order valence-electron chi connectivity index (χ4n) is 3.21. The zero-order valence-corrected chi connectivity index (χ0v) is 13.6. The molecule has 1 unspecified atom stereocenters. The van der Waals surface area contributed by atoms with Gasteiger partial charge in [0, 0.05) is 27.7 Å². The van der Waals surface area contributed by atoms with E-state index in [1.165, 1.54) is 31.0 Å². The molecule has 1 N–H and O–H groups in total. The summed E-state index contributed by atoms with van der Waals surface area (Å²) >= 11 is 0. The highest BCUT2D eigenvalue weighted by Crippen LogP contribution is 2.30. The van der Waals surface area contributed by atoms with Crippen molar-refractivity contribution in [3.05, 3.63) is 0 Å². The van der Waals surface area contributed by atoms with Crippen LogP contribution in [0.3, 0.4) is 0 Å². The first-order valence-corrected chi connectivity index (χ1v) is 7.44. The topological polar surface area (TPSA) is 99.3 Å². The quantitative estimate of drug-likeness (QED) is 0.629. The van der Waals surface area contributed by atoms with Crippen LogP contribution in [-0.2, 0) is 19.1 Å². The molecule has 0 radical (unpaired) electrons. The molecule has 0 bridgehead atoms. The second-order valence-electron chi connectivity index (χ2n) is 5.81. The Bertz CT molecular complexity index is 537. The van der Waals surface area contributed by atoms with E-state index < -0.39 is 23.4 Å². The lowest BCUT2D eigenvalue weighted by Crippen LogP contribution is -2.61. The van der Waals surface area contributed by atoms with Gasteiger partial charge in [0.25, 0.3) is 5.91 Å². The molecule has 2 saturated heterocycles. The number of methoxy groups -OCH3 is 1. The molecule has 128 valence electrons. The Morgan fingerprint density at radius 2 is 2.04 bits per heavy atom. The molecular formula is C14H22N4O5. The average Bonchev–Trinajstić information content (AvgIpc) is 3.04. The third kappa shape index (κ3) is 2.88. The van der Waals surface area contributed by atoms with Gasteiger partial charge in [-0.3, -0.25) is 19.3 Å². The summed E-state index contributed by atoms with van der Waals surface area (Å²) in [4.78, 5) is 52.3. The van der Waals surface area contributed by atoms with Crippen LogP contribution in [0.15, 0.2) is 0 Å².